The normalized spacial score (nSPS) is 11.1. The van der Waals surface area contributed by atoms with Crippen LogP contribution < -0.4 is 20.3 Å². The van der Waals surface area contributed by atoms with Crippen molar-refractivity contribution in [3.8, 4) is 11.5 Å². The maximum atomic E-state index is 13.7. The van der Waals surface area contributed by atoms with Crippen molar-refractivity contribution < 1.29 is 14.3 Å². The first-order valence-electron chi connectivity index (χ1n) is 14.2. The summed E-state index contributed by atoms with van der Waals surface area (Å²) in [5, 5.41) is 3.72. The Labute approximate surface area is 232 Å². The number of anilines is 1. The zero-order valence-corrected chi connectivity index (χ0v) is 23.4. The van der Waals surface area contributed by atoms with Gasteiger partial charge in [0.25, 0.3) is 5.56 Å². The summed E-state index contributed by atoms with van der Waals surface area (Å²) in [6.45, 7) is 9.35. The largest absolute Gasteiger partial charge is 0.489 e. The Hall–Kier alpha value is -3.80. The highest BCUT2D eigenvalue weighted by molar-refractivity contribution is 6.03. The van der Waals surface area contributed by atoms with Crippen molar-refractivity contribution in [2.24, 2.45) is 0 Å². The van der Waals surface area contributed by atoms with Crippen LogP contribution in [0, 0.1) is 0 Å². The van der Waals surface area contributed by atoms with E-state index in [1.165, 1.54) is 6.08 Å². The molecule has 1 N–H and O–H groups in total. The summed E-state index contributed by atoms with van der Waals surface area (Å²) in [6.07, 6.45) is 13.3. The monoisotopic (exact) mass is 530 g/mol. The number of carbonyl (C=O) groups excluding carboxylic acids is 1. The molecule has 0 aliphatic rings. The van der Waals surface area contributed by atoms with E-state index in [9.17, 15) is 9.59 Å². The number of ether oxygens (including phenoxy) is 2. The molecule has 0 aliphatic carbocycles. The number of nitrogens with zero attached hydrogens (tertiary/aromatic N) is 1. The van der Waals surface area contributed by atoms with Crippen LogP contribution in [-0.2, 0) is 11.3 Å². The number of carbonyl (C=O) groups is 1. The van der Waals surface area contributed by atoms with Crippen molar-refractivity contribution >= 4 is 28.6 Å². The van der Waals surface area contributed by atoms with Gasteiger partial charge in [-0.05, 0) is 42.7 Å². The molecule has 0 bridgehead atoms. The van der Waals surface area contributed by atoms with Crippen LogP contribution in [0.25, 0.3) is 17.0 Å². The number of benzene rings is 2. The second-order valence-corrected chi connectivity index (χ2v) is 9.65. The molecule has 0 radical (unpaired) electrons. The summed E-state index contributed by atoms with van der Waals surface area (Å²) in [5.41, 5.74) is 2.05. The maximum absolute atomic E-state index is 13.7. The number of fused-ring (bicyclic) bond motifs is 1. The van der Waals surface area contributed by atoms with Gasteiger partial charge in [-0.25, -0.2) is 0 Å². The van der Waals surface area contributed by atoms with Crippen LogP contribution in [0.1, 0.15) is 70.8 Å². The van der Waals surface area contributed by atoms with Gasteiger partial charge < -0.3 is 19.4 Å². The molecule has 39 heavy (non-hydrogen) atoms. The molecule has 3 aromatic rings. The lowest BCUT2D eigenvalue weighted by molar-refractivity contribution is -0.111. The average Bonchev–Trinajstić information content (AvgIpc) is 2.95. The minimum Gasteiger partial charge on any atom is -0.489 e. The fourth-order valence-electron chi connectivity index (χ4n) is 4.43. The molecule has 0 saturated carbocycles. The van der Waals surface area contributed by atoms with E-state index in [2.05, 4.69) is 25.7 Å². The molecule has 6 nitrogen and oxygen atoms in total. The number of hydrogen-bond acceptors (Lipinski definition) is 4. The van der Waals surface area contributed by atoms with Gasteiger partial charge in [0.1, 0.15) is 6.61 Å². The molecule has 0 fully saturated rings. The molecule has 0 unspecified atom stereocenters. The zero-order chi connectivity index (χ0) is 27.9. The van der Waals surface area contributed by atoms with Crippen molar-refractivity contribution in [2.75, 3.05) is 18.5 Å². The lowest BCUT2D eigenvalue weighted by Crippen LogP contribution is -2.24. The fourth-order valence-corrected chi connectivity index (χ4v) is 4.43. The first-order valence-corrected chi connectivity index (χ1v) is 14.2. The molecule has 1 aromatic heterocycles. The van der Waals surface area contributed by atoms with Crippen LogP contribution in [0.2, 0.25) is 0 Å². The standard InChI is InChI=1S/C33H42N2O4/c1-4-7-9-14-22-35-29-25-27(34-30(36)21-18-26-16-12-11-13-17-26)19-20-28(29)31(39-24-15-10-8-5-2)32(33(35)37)38-23-6-3/h6,11-13,16-21,25H,3-5,7-10,14-15,22-24H2,1-2H3,(H,34,36)/b21-18+. The van der Waals surface area contributed by atoms with Gasteiger partial charge in [0, 0.05) is 23.7 Å². The first kappa shape index (κ1) is 29.8. The van der Waals surface area contributed by atoms with Gasteiger partial charge in [0.05, 0.1) is 12.1 Å². The number of pyridine rings is 1. The van der Waals surface area contributed by atoms with E-state index >= 15 is 0 Å². The molecule has 0 aliphatic heterocycles. The van der Waals surface area contributed by atoms with Crippen LogP contribution >= 0.6 is 0 Å². The van der Waals surface area contributed by atoms with E-state index in [0.29, 0.717) is 24.6 Å². The number of hydrogen-bond donors (Lipinski definition) is 1. The summed E-state index contributed by atoms with van der Waals surface area (Å²) in [4.78, 5) is 26.4. The molecule has 3 rings (SSSR count). The Balaban J connectivity index is 1.98. The van der Waals surface area contributed by atoms with Crippen LogP contribution in [0.15, 0.2) is 72.1 Å². The topological polar surface area (TPSA) is 69.6 Å². The molecular weight excluding hydrogens is 488 g/mol. The summed E-state index contributed by atoms with van der Waals surface area (Å²) < 4.78 is 13.8. The summed E-state index contributed by atoms with van der Waals surface area (Å²) in [5.74, 6) is 0.435. The quantitative estimate of drug-likeness (QED) is 0.110. The van der Waals surface area contributed by atoms with E-state index < -0.39 is 0 Å². The van der Waals surface area contributed by atoms with Gasteiger partial charge in [0.15, 0.2) is 5.75 Å². The molecule has 0 saturated heterocycles. The summed E-state index contributed by atoms with van der Waals surface area (Å²) >= 11 is 0. The van der Waals surface area contributed by atoms with Crippen LogP contribution in [0.3, 0.4) is 0 Å². The Bertz CT molecular complexity index is 1290. The Morgan fingerprint density at radius 1 is 0.923 bits per heavy atom. The number of rotatable bonds is 17. The Kier molecular flexibility index (Phi) is 12.4. The van der Waals surface area contributed by atoms with E-state index in [-0.39, 0.29) is 23.8 Å². The number of nitrogens with one attached hydrogen (secondary N) is 1. The molecule has 1 amide bonds. The maximum Gasteiger partial charge on any atom is 0.297 e. The lowest BCUT2D eigenvalue weighted by atomic mass is 10.1. The SMILES string of the molecule is C=CCOc1c(OCCCCCC)c2ccc(NC(=O)/C=C/c3ccccc3)cc2n(CCCCCC)c1=O. The van der Waals surface area contributed by atoms with E-state index in [1.807, 2.05) is 48.5 Å². The fraction of sp³-hybridized carbons (Fsp3) is 0.394. The minimum atomic E-state index is -0.242. The number of unbranched alkanes of at least 4 members (excludes halogenated alkanes) is 6. The van der Waals surface area contributed by atoms with E-state index in [0.717, 1.165) is 67.8 Å². The highest BCUT2D eigenvalue weighted by Crippen LogP contribution is 2.35. The minimum absolute atomic E-state index is 0.213. The lowest BCUT2D eigenvalue weighted by Gasteiger charge is -2.19. The van der Waals surface area contributed by atoms with Gasteiger partial charge >= 0.3 is 0 Å². The van der Waals surface area contributed by atoms with Gasteiger partial charge in [-0.1, -0.05) is 95.4 Å². The smallest absolute Gasteiger partial charge is 0.297 e. The average molecular weight is 531 g/mol. The molecular formula is C33H42N2O4. The van der Waals surface area contributed by atoms with Crippen LogP contribution in [0.4, 0.5) is 5.69 Å². The number of amides is 1. The second-order valence-electron chi connectivity index (χ2n) is 9.65. The predicted octanol–water partition coefficient (Wildman–Crippen LogP) is 7.76. The molecule has 0 atom stereocenters. The first-order chi connectivity index (χ1) is 19.1. The van der Waals surface area contributed by atoms with Gasteiger partial charge in [0.2, 0.25) is 11.7 Å². The second kappa shape index (κ2) is 16.2. The molecule has 2 aromatic carbocycles. The molecule has 1 heterocycles. The van der Waals surface area contributed by atoms with Crippen LogP contribution in [0.5, 0.6) is 11.5 Å². The third-order valence-electron chi connectivity index (χ3n) is 6.50. The molecule has 0 spiro atoms. The summed E-state index contributed by atoms with van der Waals surface area (Å²) in [7, 11) is 0. The Morgan fingerprint density at radius 2 is 1.67 bits per heavy atom. The van der Waals surface area contributed by atoms with Gasteiger partial charge in [-0.2, -0.15) is 0 Å². The molecule has 208 valence electrons. The highest BCUT2D eigenvalue weighted by atomic mass is 16.5. The number of aryl methyl sites for hydroxylation is 1. The van der Waals surface area contributed by atoms with Gasteiger partial charge in [-0.15, -0.1) is 0 Å². The van der Waals surface area contributed by atoms with E-state index in [4.69, 9.17) is 9.47 Å². The predicted molar refractivity (Wildman–Crippen MR) is 162 cm³/mol. The van der Waals surface area contributed by atoms with E-state index in [1.54, 1.807) is 16.7 Å². The Morgan fingerprint density at radius 3 is 2.38 bits per heavy atom. The highest BCUT2D eigenvalue weighted by Gasteiger charge is 2.20. The van der Waals surface area contributed by atoms with Crippen molar-refractivity contribution in [2.45, 2.75) is 71.8 Å². The third-order valence-corrected chi connectivity index (χ3v) is 6.50. The molecule has 6 heteroatoms. The summed E-state index contributed by atoms with van der Waals surface area (Å²) in [6, 6.07) is 15.3. The van der Waals surface area contributed by atoms with Crippen LogP contribution in [-0.4, -0.2) is 23.7 Å². The third kappa shape index (κ3) is 8.88. The number of aromatic nitrogens is 1. The zero-order valence-electron chi connectivity index (χ0n) is 23.4. The van der Waals surface area contributed by atoms with Crippen molar-refractivity contribution in [3.05, 3.63) is 83.2 Å². The van der Waals surface area contributed by atoms with Crippen molar-refractivity contribution in [3.63, 3.8) is 0 Å². The van der Waals surface area contributed by atoms with Crippen molar-refractivity contribution in [1.82, 2.24) is 4.57 Å². The van der Waals surface area contributed by atoms with Gasteiger partial charge in [-0.3, -0.25) is 9.59 Å². The van der Waals surface area contributed by atoms with Crippen molar-refractivity contribution in [1.29, 1.82) is 0 Å².